The first-order valence-electron chi connectivity index (χ1n) is 8.67. The van der Waals surface area contributed by atoms with Gasteiger partial charge in [-0.25, -0.2) is 17.6 Å². The number of nitrogens with two attached hydrogens (primary N) is 1. The Labute approximate surface area is 166 Å². The second kappa shape index (κ2) is 7.14. The Kier molecular flexibility index (Phi) is 4.62. The number of benzene rings is 2. The van der Waals surface area contributed by atoms with E-state index in [0.29, 0.717) is 6.07 Å². The second-order valence-corrected chi connectivity index (χ2v) is 6.52. The summed E-state index contributed by atoms with van der Waals surface area (Å²) in [5.74, 6) is -4.92. The van der Waals surface area contributed by atoms with E-state index in [1.165, 1.54) is 34.9 Å². The van der Waals surface area contributed by atoms with Crippen LogP contribution in [0.1, 0.15) is 10.4 Å². The molecule has 2 heterocycles. The lowest BCUT2D eigenvalue weighted by atomic mass is 10.00. The molecule has 4 aromatic rings. The first-order chi connectivity index (χ1) is 14.3. The molecule has 1 amide bonds. The van der Waals surface area contributed by atoms with Crippen molar-refractivity contribution in [2.45, 2.75) is 0 Å². The highest BCUT2D eigenvalue weighted by Crippen LogP contribution is 2.31. The third-order valence-corrected chi connectivity index (χ3v) is 4.69. The van der Waals surface area contributed by atoms with Crippen molar-refractivity contribution in [3.63, 3.8) is 0 Å². The zero-order valence-corrected chi connectivity index (χ0v) is 15.1. The highest BCUT2D eigenvalue weighted by Gasteiger charge is 2.21. The Bertz CT molecular complexity index is 1370. The molecule has 2 aromatic heterocycles. The van der Waals surface area contributed by atoms with Crippen LogP contribution in [-0.4, -0.2) is 10.3 Å². The fraction of sp³-hybridized carbons (Fsp3) is 0. The van der Waals surface area contributed by atoms with Crippen LogP contribution in [0.3, 0.4) is 0 Å². The SMILES string of the molecule is NC(=O)c1cc(F)c(-c2c(=O)ccn3c(-c4ccc(F)cc4F)cccc23)c(F)c1. The second-order valence-electron chi connectivity index (χ2n) is 6.52. The number of primary amides is 1. The van der Waals surface area contributed by atoms with E-state index in [1.54, 1.807) is 0 Å². The zero-order chi connectivity index (χ0) is 21.6. The monoisotopic (exact) mass is 412 g/mol. The summed E-state index contributed by atoms with van der Waals surface area (Å²) in [5.41, 5.74) is 3.41. The average molecular weight is 412 g/mol. The van der Waals surface area contributed by atoms with Gasteiger partial charge in [-0.15, -0.1) is 0 Å². The lowest BCUT2D eigenvalue weighted by Gasteiger charge is -2.14. The van der Waals surface area contributed by atoms with E-state index in [2.05, 4.69) is 0 Å². The van der Waals surface area contributed by atoms with Crippen LogP contribution >= 0.6 is 0 Å². The maximum Gasteiger partial charge on any atom is 0.248 e. The predicted molar refractivity (Wildman–Crippen MR) is 103 cm³/mol. The van der Waals surface area contributed by atoms with Gasteiger partial charge in [0.15, 0.2) is 5.43 Å². The number of nitrogens with zero attached hydrogens (tertiary/aromatic N) is 1. The molecule has 0 aliphatic heterocycles. The molecule has 0 unspecified atom stereocenters. The van der Waals surface area contributed by atoms with E-state index in [4.69, 9.17) is 5.73 Å². The highest BCUT2D eigenvalue weighted by molar-refractivity contribution is 5.94. The summed E-state index contributed by atoms with van der Waals surface area (Å²) in [6, 6.07) is 9.99. The van der Waals surface area contributed by atoms with Crippen LogP contribution in [0.2, 0.25) is 0 Å². The van der Waals surface area contributed by atoms with Crippen molar-refractivity contribution in [3.8, 4) is 22.4 Å². The largest absolute Gasteiger partial charge is 0.366 e. The molecule has 8 heteroatoms. The molecule has 0 saturated heterocycles. The van der Waals surface area contributed by atoms with Crippen molar-refractivity contribution >= 4 is 11.4 Å². The van der Waals surface area contributed by atoms with Gasteiger partial charge in [-0.2, -0.15) is 0 Å². The molecule has 4 rings (SSSR count). The summed E-state index contributed by atoms with van der Waals surface area (Å²) >= 11 is 0. The van der Waals surface area contributed by atoms with Gasteiger partial charge in [-0.05, 0) is 36.4 Å². The van der Waals surface area contributed by atoms with Crippen molar-refractivity contribution in [3.05, 3.63) is 99.8 Å². The molecular formula is C22H12F4N2O2. The van der Waals surface area contributed by atoms with E-state index in [0.717, 1.165) is 24.3 Å². The van der Waals surface area contributed by atoms with E-state index in [1.807, 2.05) is 0 Å². The molecule has 150 valence electrons. The molecule has 0 aliphatic carbocycles. The Morgan fingerprint density at radius 1 is 0.833 bits per heavy atom. The molecule has 0 saturated carbocycles. The van der Waals surface area contributed by atoms with Gasteiger partial charge in [0.25, 0.3) is 0 Å². The molecule has 2 aromatic carbocycles. The summed E-state index contributed by atoms with van der Waals surface area (Å²) < 4.78 is 58.4. The minimum Gasteiger partial charge on any atom is -0.366 e. The summed E-state index contributed by atoms with van der Waals surface area (Å²) in [7, 11) is 0. The number of hydrogen-bond acceptors (Lipinski definition) is 2. The van der Waals surface area contributed by atoms with Crippen molar-refractivity contribution < 1.29 is 22.4 Å². The van der Waals surface area contributed by atoms with E-state index >= 15 is 0 Å². The Balaban J connectivity index is 2.05. The Hall–Kier alpha value is -3.94. The number of carbonyl (C=O) groups excluding carboxylic acids is 1. The molecular weight excluding hydrogens is 400 g/mol. The van der Waals surface area contributed by atoms with Gasteiger partial charge in [0.1, 0.15) is 23.3 Å². The lowest BCUT2D eigenvalue weighted by Crippen LogP contribution is -2.14. The number of pyridine rings is 2. The smallest absolute Gasteiger partial charge is 0.248 e. The fourth-order valence-corrected chi connectivity index (χ4v) is 3.36. The molecule has 0 bridgehead atoms. The highest BCUT2D eigenvalue weighted by atomic mass is 19.1. The third-order valence-electron chi connectivity index (χ3n) is 4.69. The Morgan fingerprint density at radius 2 is 1.53 bits per heavy atom. The standard InChI is InChI=1S/C22H12F4N2O2/c23-12-4-5-13(14(24)10-12)17-2-1-3-18-21(19(29)6-7-28(17)18)20-15(25)8-11(22(27)30)9-16(20)26/h1-10H,(H2,27,30). The summed E-state index contributed by atoms with van der Waals surface area (Å²) in [4.78, 5) is 23.8. The quantitative estimate of drug-likeness (QED) is 0.511. The molecule has 30 heavy (non-hydrogen) atoms. The van der Waals surface area contributed by atoms with Crippen molar-refractivity contribution in [2.75, 3.05) is 0 Å². The first kappa shape index (κ1) is 19.4. The minimum absolute atomic E-state index is 0.0293. The first-order valence-corrected chi connectivity index (χ1v) is 8.67. The van der Waals surface area contributed by atoms with Gasteiger partial charge in [-0.3, -0.25) is 9.59 Å². The average Bonchev–Trinajstić information content (AvgIpc) is 2.68. The van der Waals surface area contributed by atoms with Gasteiger partial charge in [0.05, 0.1) is 22.3 Å². The maximum absolute atomic E-state index is 14.7. The van der Waals surface area contributed by atoms with Crippen molar-refractivity contribution in [1.29, 1.82) is 0 Å². The molecule has 0 spiro atoms. The number of hydrogen-bond donors (Lipinski definition) is 1. The van der Waals surface area contributed by atoms with Gasteiger partial charge in [-0.1, -0.05) is 6.07 Å². The maximum atomic E-state index is 14.7. The lowest BCUT2D eigenvalue weighted by molar-refractivity contribution is 0.0999. The number of carbonyl (C=O) groups is 1. The number of aromatic nitrogens is 1. The van der Waals surface area contributed by atoms with Crippen molar-refractivity contribution in [2.24, 2.45) is 5.73 Å². The molecule has 0 atom stereocenters. The van der Waals surface area contributed by atoms with Gasteiger partial charge < -0.3 is 10.1 Å². The normalized spacial score (nSPS) is 11.1. The van der Waals surface area contributed by atoms with Crippen LogP contribution in [0.15, 0.2) is 65.6 Å². The predicted octanol–water partition coefficient (Wildman–Crippen LogP) is 4.29. The van der Waals surface area contributed by atoms with Gasteiger partial charge >= 0.3 is 0 Å². The number of amides is 1. The van der Waals surface area contributed by atoms with E-state index in [-0.39, 0.29) is 27.9 Å². The summed E-state index contributed by atoms with van der Waals surface area (Å²) in [6.45, 7) is 0. The number of fused-ring (bicyclic) bond motifs is 1. The zero-order valence-electron chi connectivity index (χ0n) is 15.1. The number of rotatable bonds is 3. The molecule has 4 nitrogen and oxygen atoms in total. The minimum atomic E-state index is -1.15. The van der Waals surface area contributed by atoms with Gasteiger partial charge in [0, 0.05) is 29.5 Å². The van der Waals surface area contributed by atoms with Crippen LogP contribution in [-0.2, 0) is 0 Å². The third kappa shape index (κ3) is 3.12. The summed E-state index contributed by atoms with van der Waals surface area (Å²) in [6.07, 6.45) is 1.33. The van der Waals surface area contributed by atoms with Crippen LogP contribution in [0.4, 0.5) is 17.6 Å². The van der Waals surface area contributed by atoms with Crippen LogP contribution in [0, 0.1) is 23.3 Å². The van der Waals surface area contributed by atoms with E-state index < -0.39 is 40.2 Å². The van der Waals surface area contributed by atoms with Gasteiger partial charge in [0.2, 0.25) is 5.91 Å². The summed E-state index contributed by atoms with van der Waals surface area (Å²) in [5, 5.41) is 0. The molecule has 0 radical (unpaired) electrons. The van der Waals surface area contributed by atoms with Crippen LogP contribution in [0.5, 0.6) is 0 Å². The Morgan fingerprint density at radius 3 is 2.17 bits per heavy atom. The van der Waals surface area contributed by atoms with E-state index in [9.17, 15) is 27.2 Å². The topological polar surface area (TPSA) is 64.6 Å². The van der Waals surface area contributed by atoms with Crippen molar-refractivity contribution in [1.82, 2.24) is 4.40 Å². The van der Waals surface area contributed by atoms with Crippen LogP contribution < -0.4 is 11.2 Å². The molecule has 0 fully saturated rings. The van der Waals surface area contributed by atoms with Crippen LogP contribution in [0.25, 0.3) is 27.9 Å². The number of halogens is 4. The molecule has 0 aliphatic rings. The molecule has 2 N–H and O–H groups in total. The fourth-order valence-electron chi connectivity index (χ4n) is 3.36.